The lowest BCUT2D eigenvalue weighted by Crippen LogP contribution is -2.53. The molecule has 1 N–H and O–H groups in total. The number of thioether (sulfide) groups is 1. The molecular weight excluding hydrogens is 246 g/mol. The van der Waals surface area contributed by atoms with Crippen molar-refractivity contribution in [3.05, 3.63) is 0 Å². The maximum atomic E-state index is 12.0. The zero-order chi connectivity index (χ0) is 14.2. The molecule has 0 saturated heterocycles. The highest BCUT2D eigenvalue weighted by atomic mass is 32.2. The van der Waals surface area contributed by atoms with Gasteiger partial charge in [0.2, 0.25) is 0 Å². The van der Waals surface area contributed by atoms with Gasteiger partial charge in [-0.25, -0.2) is 0 Å². The third-order valence-corrected chi connectivity index (χ3v) is 3.80. The molecule has 0 aliphatic rings. The highest BCUT2D eigenvalue weighted by Gasteiger charge is 2.34. The number of carbonyl (C=O) groups excluding carboxylic acids is 1. The molecule has 18 heavy (non-hydrogen) atoms. The Morgan fingerprint density at radius 2 is 1.94 bits per heavy atom. The molecule has 4 heteroatoms. The van der Waals surface area contributed by atoms with Crippen molar-refractivity contribution in [2.75, 3.05) is 12.4 Å². The average Bonchev–Trinajstić information content (AvgIpc) is 2.23. The normalized spacial score (nSPS) is 14.9. The number of hydrogen-bond donors (Lipinski definition) is 1. The van der Waals surface area contributed by atoms with Crippen molar-refractivity contribution in [2.24, 2.45) is 0 Å². The van der Waals surface area contributed by atoms with E-state index >= 15 is 0 Å². The van der Waals surface area contributed by atoms with Crippen LogP contribution in [0, 0.1) is 0 Å². The van der Waals surface area contributed by atoms with Gasteiger partial charge in [0.05, 0.1) is 6.61 Å². The molecule has 0 aromatic rings. The van der Waals surface area contributed by atoms with Crippen LogP contribution in [-0.2, 0) is 9.53 Å². The number of nitrogens with one attached hydrogen (secondary N) is 1. The number of rotatable bonds is 9. The Kier molecular flexibility index (Phi) is 8.70. The molecular formula is C14H29NO2S. The minimum atomic E-state index is -0.554. The summed E-state index contributed by atoms with van der Waals surface area (Å²) < 4.78 is 5.18. The van der Waals surface area contributed by atoms with E-state index in [-0.39, 0.29) is 12.0 Å². The summed E-state index contributed by atoms with van der Waals surface area (Å²) in [6.45, 7) is 12.7. The minimum Gasteiger partial charge on any atom is -0.465 e. The molecule has 0 aliphatic heterocycles. The molecule has 0 bridgehead atoms. The predicted molar refractivity (Wildman–Crippen MR) is 80.1 cm³/mol. The quantitative estimate of drug-likeness (QED) is 0.518. The molecule has 0 fully saturated rings. The Morgan fingerprint density at radius 1 is 1.33 bits per heavy atom. The molecule has 0 heterocycles. The number of hydrogen-bond acceptors (Lipinski definition) is 4. The van der Waals surface area contributed by atoms with Crippen LogP contribution in [0.2, 0.25) is 0 Å². The van der Waals surface area contributed by atoms with Gasteiger partial charge in [-0.05, 0) is 51.5 Å². The van der Waals surface area contributed by atoms with Crippen molar-refractivity contribution < 1.29 is 9.53 Å². The van der Waals surface area contributed by atoms with Crippen molar-refractivity contribution in [1.29, 1.82) is 0 Å². The summed E-state index contributed by atoms with van der Waals surface area (Å²) in [7, 11) is 0. The number of esters is 1. The Hall–Kier alpha value is -0.220. The van der Waals surface area contributed by atoms with Gasteiger partial charge in [-0.15, -0.1) is 0 Å². The zero-order valence-electron chi connectivity index (χ0n) is 12.7. The average molecular weight is 275 g/mol. The van der Waals surface area contributed by atoms with Crippen LogP contribution in [0.15, 0.2) is 0 Å². The van der Waals surface area contributed by atoms with Gasteiger partial charge in [-0.3, -0.25) is 10.1 Å². The summed E-state index contributed by atoms with van der Waals surface area (Å²) in [4.78, 5) is 12.0. The van der Waals surface area contributed by atoms with Crippen molar-refractivity contribution in [3.63, 3.8) is 0 Å². The van der Waals surface area contributed by atoms with E-state index in [1.807, 2.05) is 25.6 Å². The van der Waals surface area contributed by atoms with Gasteiger partial charge in [0.25, 0.3) is 0 Å². The molecule has 3 nitrogen and oxygen atoms in total. The fourth-order valence-corrected chi connectivity index (χ4v) is 2.69. The summed E-state index contributed by atoms with van der Waals surface area (Å²) >= 11 is 1.94. The third kappa shape index (κ3) is 7.27. The molecule has 0 aromatic heterocycles. The van der Waals surface area contributed by atoms with Crippen LogP contribution in [-0.4, -0.2) is 35.2 Å². The molecule has 108 valence electrons. The summed E-state index contributed by atoms with van der Waals surface area (Å²) in [6, 6.07) is 0.275. The molecule has 1 atom stereocenters. The van der Waals surface area contributed by atoms with Gasteiger partial charge >= 0.3 is 5.97 Å². The maximum Gasteiger partial charge on any atom is 0.326 e. The number of ether oxygens (including phenoxy) is 1. The Balaban J connectivity index is 4.33. The lowest BCUT2D eigenvalue weighted by molar-refractivity contribution is -0.151. The molecule has 0 aliphatic carbocycles. The smallest absolute Gasteiger partial charge is 0.326 e. The van der Waals surface area contributed by atoms with Crippen LogP contribution in [0.5, 0.6) is 0 Å². The standard InChI is InChI=1S/C14H29NO2S/c1-7-17-13(16)14(6,15-11(2)3)9-8-10-18-12(4)5/h11-12,15H,7-10H2,1-6H3. The molecule has 0 amide bonds. The zero-order valence-corrected chi connectivity index (χ0v) is 13.5. The lowest BCUT2D eigenvalue weighted by atomic mass is 9.95. The first kappa shape index (κ1) is 17.8. The van der Waals surface area contributed by atoms with Gasteiger partial charge in [0, 0.05) is 6.04 Å². The van der Waals surface area contributed by atoms with Crippen LogP contribution in [0.4, 0.5) is 0 Å². The second-order valence-electron chi connectivity index (χ2n) is 5.37. The van der Waals surface area contributed by atoms with Crippen molar-refractivity contribution >= 4 is 17.7 Å². The minimum absolute atomic E-state index is 0.131. The van der Waals surface area contributed by atoms with E-state index in [4.69, 9.17) is 4.74 Å². The van der Waals surface area contributed by atoms with Crippen LogP contribution < -0.4 is 5.32 Å². The van der Waals surface area contributed by atoms with E-state index in [9.17, 15) is 4.79 Å². The predicted octanol–water partition coefficient (Wildman–Crippen LogP) is 3.23. The second kappa shape index (κ2) is 8.81. The van der Waals surface area contributed by atoms with E-state index in [0.29, 0.717) is 11.9 Å². The molecule has 0 rings (SSSR count). The summed E-state index contributed by atoms with van der Waals surface area (Å²) in [5, 5.41) is 4.00. The molecule has 0 aromatic carbocycles. The summed E-state index contributed by atoms with van der Waals surface area (Å²) in [5.41, 5.74) is -0.554. The Morgan fingerprint density at radius 3 is 2.39 bits per heavy atom. The second-order valence-corrected chi connectivity index (χ2v) is 7.06. The van der Waals surface area contributed by atoms with Crippen molar-refractivity contribution in [3.8, 4) is 0 Å². The molecule has 0 radical (unpaired) electrons. The highest BCUT2D eigenvalue weighted by Crippen LogP contribution is 2.19. The molecule has 0 spiro atoms. The van der Waals surface area contributed by atoms with Gasteiger partial charge in [-0.2, -0.15) is 11.8 Å². The maximum absolute atomic E-state index is 12.0. The van der Waals surface area contributed by atoms with Gasteiger partial charge in [-0.1, -0.05) is 13.8 Å². The largest absolute Gasteiger partial charge is 0.465 e. The van der Waals surface area contributed by atoms with Crippen LogP contribution >= 0.6 is 11.8 Å². The van der Waals surface area contributed by atoms with Crippen LogP contribution in [0.25, 0.3) is 0 Å². The summed E-state index contributed by atoms with van der Waals surface area (Å²) in [5.74, 6) is 0.958. The number of carbonyl (C=O) groups is 1. The van der Waals surface area contributed by atoms with E-state index in [1.54, 1.807) is 0 Å². The SMILES string of the molecule is CCOC(=O)C(C)(CCCSC(C)C)NC(C)C. The summed E-state index contributed by atoms with van der Waals surface area (Å²) in [6.07, 6.45) is 1.85. The van der Waals surface area contributed by atoms with Gasteiger partial charge in [0.1, 0.15) is 5.54 Å². The lowest BCUT2D eigenvalue weighted by Gasteiger charge is -2.30. The van der Waals surface area contributed by atoms with Crippen LogP contribution in [0.1, 0.15) is 54.4 Å². The van der Waals surface area contributed by atoms with E-state index < -0.39 is 5.54 Å². The van der Waals surface area contributed by atoms with E-state index in [2.05, 4.69) is 33.0 Å². The molecule has 1 unspecified atom stereocenters. The van der Waals surface area contributed by atoms with Crippen molar-refractivity contribution in [2.45, 2.75) is 71.2 Å². The Bertz CT molecular complexity index is 244. The van der Waals surface area contributed by atoms with Gasteiger partial charge < -0.3 is 4.74 Å². The topological polar surface area (TPSA) is 38.3 Å². The monoisotopic (exact) mass is 275 g/mol. The first-order chi connectivity index (χ1) is 8.31. The first-order valence-electron chi connectivity index (χ1n) is 6.88. The first-order valence-corrected chi connectivity index (χ1v) is 7.93. The highest BCUT2D eigenvalue weighted by molar-refractivity contribution is 7.99. The fourth-order valence-electron chi connectivity index (χ4n) is 1.91. The van der Waals surface area contributed by atoms with E-state index in [0.717, 1.165) is 18.6 Å². The van der Waals surface area contributed by atoms with Crippen molar-refractivity contribution in [1.82, 2.24) is 5.32 Å². The van der Waals surface area contributed by atoms with E-state index in [1.165, 1.54) is 0 Å². The Labute approximate surface area is 116 Å². The van der Waals surface area contributed by atoms with Gasteiger partial charge in [0.15, 0.2) is 0 Å². The molecule has 0 saturated carbocycles. The fraction of sp³-hybridized carbons (Fsp3) is 0.929. The third-order valence-electron chi connectivity index (χ3n) is 2.61. The van der Waals surface area contributed by atoms with Crippen LogP contribution in [0.3, 0.4) is 0 Å².